The second kappa shape index (κ2) is 9.44. The number of ether oxygens (including phenoxy) is 1. The van der Waals surface area contributed by atoms with Crippen molar-refractivity contribution in [3.8, 4) is 0 Å². The zero-order valence-electron chi connectivity index (χ0n) is 12.3. The molecular formula is C15H24N2O3. The molecule has 1 atom stereocenters. The lowest BCUT2D eigenvalue weighted by atomic mass is 10.1. The molecule has 5 heteroatoms. The van der Waals surface area contributed by atoms with E-state index in [9.17, 15) is 10.1 Å². The number of nitro benzene ring substituents is 1. The first-order chi connectivity index (χ1) is 9.65. The van der Waals surface area contributed by atoms with Crippen LogP contribution in [0.1, 0.15) is 44.7 Å². The average Bonchev–Trinajstić information content (AvgIpc) is 2.46. The van der Waals surface area contributed by atoms with Gasteiger partial charge in [-0.25, -0.2) is 0 Å². The highest BCUT2D eigenvalue weighted by Crippen LogP contribution is 2.18. The van der Waals surface area contributed by atoms with Gasteiger partial charge >= 0.3 is 0 Å². The Morgan fingerprint density at radius 1 is 1.35 bits per heavy atom. The van der Waals surface area contributed by atoms with Crippen molar-refractivity contribution in [1.29, 1.82) is 0 Å². The maximum atomic E-state index is 10.7. The van der Waals surface area contributed by atoms with E-state index in [0.717, 1.165) is 44.6 Å². The largest absolute Gasteiger partial charge is 0.381 e. The van der Waals surface area contributed by atoms with Crippen LogP contribution in [0.2, 0.25) is 0 Å². The van der Waals surface area contributed by atoms with Crippen LogP contribution in [0.5, 0.6) is 0 Å². The molecule has 1 rings (SSSR count). The number of nitro groups is 1. The molecule has 1 N–H and O–H groups in total. The number of benzene rings is 1. The van der Waals surface area contributed by atoms with E-state index in [0.29, 0.717) is 0 Å². The first kappa shape index (κ1) is 16.6. The monoisotopic (exact) mass is 280 g/mol. The predicted octanol–water partition coefficient (Wildman–Crippen LogP) is 3.45. The molecule has 5 nitrogen and oxygen atoms in total. The molecule has 0 aliphatic heterocycles. The molecular weight excluding hydrogens is 256 g/mol. The predicted molar refractivity (Wildman–Crippen MR) is 79.9 cm³/mol. The molecule has 112 valence electrons. The highest BCUT2D eigenvalue weighted by Gasteiger charge is 2.10. The first-order valence-electron chi connectivity index (χ1n) is 7.20. The van der Waals surface area contributed by atoms with Gasteiger partial charge in [-0.15, -0.1) is 0 Å². The van der Waals surface area contributed by atoms with Gasteiger partial charge in [-0.1, -0.05) is 25.5 Å². The highest BCUT2D eigenvalue weighted by atomic mass is 16.6. The van der Waals surface area contributed by atoms with Gasteiger partial charge in [0.1, 0.15) is 0 Å². The summed E-state index contributed by atoms with van der Waals surface area (Å²) in [4.78, 5) is 10.4. The van der Waals surface area contributed by atoms with Crippen molar-refractivity contribution >= 4 is 5.69 Å². The van der Waals surface area contributed by atoms with Crippen LogP contribution in [0.25, 0.3) is 0 Å². The second-order valence-corrected chi connectivity index (χ2v) is 4.85. The van der Waals surface area contributed by atoms with Gasteiger partial charge in [0, 0.05) is 31.4 Å². The summed E-state index contributed by atoms with van der Waals surface area (Å²) in [6.45, 7) is 6.59. The third-order valence-electron chi connectivity index (χ3n) is 3.14. The molecule has 0 bridgehead atoms. The van der Waals surface area contributed by atoms with Gasteiger partial charge in [-0.05, 0) is 31.9 Å². The molecule has 0 aromatic heterocycles. The van der Waals surface area contributed by atoms with Crippen LogP contribution in [0.4, 0.5) is 5.69 Å². The Balaban J connectivity index is 2.27. The number of nitrogens with zero attached hydrogens (tertiary/aromatic N) is 1. The summed E-state index contributed by atoms with van der Waals surface area (Å²) in [5.74, 6) is 0. The summed E-state index contributed by atoms with van der Waals surface area (Å²) in [6.07, 6.45) is 3.21. The van der Waals surface area contributed by atoms with Crippen molar-refractivity contribution in [3.63, 3.8) is 0 Å². The Morgan fingerprint density at radius 2 is 2.10 bits per heavy atom. The fourth-order valence-electron chi connectivity index (χ4n) is 1.87. The molecule has 1 aromatic rings. The molecule has 0 aliphatic rings. The van der Waals surface area contributed by atoms with Crippen molar-refractivity contribution < 1.29 is 9.66 Å². The van der Waals surface area contributed by atoms with E-state index in [2.05, 4.69) is 12.2 Å². The third kappa shape index (κ3) is 6.12. The quantitative estimate of drug-likeness (QED) is 0.405. The topological polar surface area (TPSA) is 64.4 Å². The number of unbranched alkanes of at least 4 members (excludes halogenated alkanes) is 1. The molecule has 0 radical (unpaired) electrons. The Hall–Kier alpha value is -1.46. The van der Waals surface area contributed by atoms with Crippen molar-refractivity contribution in [2.45, 2.75) is 39.2 Å². The summed E-state index contributed by atoms with van der Waals surface area (Å²) >= 11 is 0. The van der Waals surface area contributed by atoms with Crippen molar-refractivity contribution in [2.75, 3.05) is 19.8 Å². The lowest BCUT2D eigenvalue weighted by molar-refractivity contribution is -0.384. The van der Waals surface area contributed by atoms with E-state index in [1.165, 1.54) is 6.07 Å². The summed E-state index contributed by atoms with van der Waals surface area (Å²) in [6, 6.07) is 6.86. The Morgan fingerprint density at radius 3 is 2.80 bits per heavy atom. The fourth-order valence-corrected chi connectivity index (χ4v) is 1.87. The molecule has 0 amide bonds. The van der Waals surface area contributed by atoms with E-state index in [1.807, 2.05) is 13.0 Å². The van der Waals surface area contributed by atoms with E-state index in [1.54, 1.807) is 12.1 Å². The van der Waals surface area contributed by atoms with Crippen LogP contribution >= 0.6 is 0 Å². The lowest BCUT2D eigenvalue weighted by Crippen LogP contribution is -2.21. The van der Waals surface area contributed by atoms with Gasteiger partial charge in [0.25, 0.3) is 5.69 Å². The minimum atomic E-state index is -0.363. The van der Waals surface area contributed by atoms with E-state index in [-0.39, 0.29) is 16.7 Å². The number of rotatable bonds is 10. The third-order valence-corrected chi connectivity index (χ3v) is 3.14. The van der Waals surface area contributed by atoms with Gasteiger partial charge in [0.2, 0.25) is 0 Å². The number of hydrogen-bond acceptors (Lipinski definition) is 4. The second-order valence-electron chi connectivity index (χ2n) is 4.85. The van der Waals surface area contributed by atoms with Crippen LogP contribution in [0.3, 0.4) is 0 Å². The molecule has 0 aliphatic carbocycles. The van der Waals surface area contributed by atoms with Crippen LogP contribution in [-0.4, -0.2) is 24.7 Å². The van der Waals surface area contributed by atoms with Crippen molar-refractivity contribution in [3.05, 3.63) is 39.9 Å². The van der Waals surface area contributed by atoms with Crippen LogP contribution in [0, 0.1) is 10.1 Å². The lowest BCUT2D eigenvalue weighted by Gasteiger charge is -2.14. The average molecular weight is 280 g/mol. The van der Waals surface area contributed by atoms with Crippen LogP contribution < -0.4 is 5.32 Å². The number of nitrogens with one attached hydrogen (secondary N) is 1. The number of non-ortho nitro benzene ring substituents is 1. The van der Waals surface area contributed by atoms with Gasteiger partial charge in [0.15, 0.2) is 0 Å². The van der Waals surface area contributed by atoms with Gasteiger partial charge < -0.3 is 10.1 Å². The highest BCUT2D eigenvalue weighted by molar-refractivity contribution is 5.35. The SMILES string of the molecule is CCCCOCCCNC(C)c1cccc([N+](=O)[O-])c1. The summed E-state index contributed by atoms with van der Waals surface area (Å²) < 4.78 is 5.48. The number of hydrogen-bond donors (Lipinski definition) is 1. The Kier molecular flexibility index (Phi) is 7.84. The molecule has 0 spiro atoms. The van der Waals surface area contributed by atoms with E-state index in [4.69, 9.17) is 4.74 Å². The molecule has 1 unspecified atom stereocenters. The normalized spacial score (nSPS) is 12.3. The zero-order valence-corrected chi connectivity index (χ0v) is 12.3. The summed E-state index contributed by atoms with van der Waals surface area (Å²) in [5.41, 5.74) is 1.07. The van der Waals surface area contributed by atoms with Crippen LogP contribution in [0.15, 0.2) is 24.3 Å². The van der Waals surface area contributed by atoms with E-state index >= 15 is 0 Å². The van der Waals surface area contributed by atoms with E-state index < -0.39 is 0 Å². The molecule has 0 saturated heterocycles. The summed E-state index contributed by atoms with van der Waals surface area (Å²) in [7, 11) is 0. The molecule has 1 aromatic carbocycles. The van der Waals surface area contributed by atoms with Crippen LogP contribution in [-0.2, 0) is 4.74 Å². The van der Waals surface area contributed by atoms with Crippen molar-refractivity contribution in [1.82, 2.24) is 5.32 Å². The molecule has 0 saturated carbocycles. The fraction of sp³-hybridized carbons (Fsp3) is 0.600. The van der Waals surface area contributed by atoms with Gasteiger partial charge in [-0.3, -0.25) is 10.1 Å². The van der Waals surface area contributed by atoms with Crippen molar-refractivity contribution in [2.24, 2.45) is 0 Å². The maximum Gasteiger partial charge on any atom is 0.269 e. The minimum absolute atomic E-state index is 0.102. The minimum Gasteiger partial charge on any atom is -0.381 e. The molecule has 20 heavy (non-hydrogen) atoms. The first-order valence-corrected chi connectivity index (χ1v) is 7.20. The van der Waals surface area contributed by atoms with Gasteiger partial charge in [0.05, 0.1) is 4.92 Å². The molecule has 0 heterocycles. The smallest absolute Gasteiger partial charge is 0.269 e. The maximum absolute atomic E-state index is 10.7. The molecule has 0 fully saturated rings. The summed E-state index contributed by atoms with van der Waals surface area (Å²) in [5, 5.41) is 14.1. The Bertz CT molecular complexity index is 410. The van der Waals surface area contributed by atoms with Gasteiger partial charge in [-0.2, -0.15) is 0 Å². The zero-order chi connectivity index (χ0) is 14.8. The Labute approximate surface area is 120 Å². The standard InChI is InChI=1S/C15H24N2O3/c1-3-4-10-20-11-6-9-16-13(2)14-7-5-8-15(12-14)17(18)19/h5,7-8,12-13,16H,3-4,6,9-11H2,1-2H3.